The second kappa shape index (κ2) is 5.36. The van der Waals surface area contributed by atoms with E-state index in [-0.39, 0.29) is 6.42 Å². The lowest BCUT2D eigenvalue weighted by Gasteiger charge is -2.08. The lowest BCUT2D eigenvalue weighted by atomic mass is 9.99. The maximum atomic E-state index is 13.5. The van der Waals surface area contributed by atoms with Crippen LogP contribution in [0.5, 0.6) is 0 Å². The molecule has 0 heterocycles. The molecule has 0 aliphatic carbocycles. The van der Waals surface area contributed by atoms with Gasteiger partial charge in [0, 0.05) is 11.3 Å². The van der Waals surface area contributed by atoms with Gasteiger partial charge < -0.3 is 0 Å². The molecule has 2 aromatic rings. The average Bonchev–Trinajstić information content (AvgIpc) is 2.36. The van der Waals surface area contributed by atoms with Gasteiger partial charge in [0.2, 0.25) is 0 Å². The minimum Gasteiger partial charge on any atom is -0.204 e. The average molecular weight is 262 g/mol. The highest BCUT2D eigenvalue weighted by Crippen LogP contribution is 2.22. The van der Waals surface area contributed by atoms with Gasteiger partial charge >= 0.3 is 0 Å². The van der Waals surface area contributed by atoms with Crippen LogP contribution >= 0.6 is 12.6 Å². The van der Waals surface area contributed by atoms with Crippen LogP contribution in [0.15, 0.2) is 53.9 Å². The normalized spacial score (nSPS) is 10.4. The fourth-order valence-corrected chi connectivity index (χ4v) is 1.86. The van der Waals surface area contributed by atoms with Crippen LogP contribution in [0.1, 0.15) is 11.1 Å². The summed E-state index contributed by atoms with van der Waals surface area (Å²) in [5, 5.41) is 0. The standard InChI is InChI=1S/C15H12F2S/c1-10(11-5-7-13(18)8-6-11)9-12-3-2-4-14(16)15(12)17/h2-8,18H,1,9H2. The molecule has 0 aliphatic rings. The van der Waals surface area contributed by atoms with Crippen molar-refractivity contribution < 1.29 is 8.78 Å². The summed E-state index contributed by atoms with van der Waals surface area (Å²) in [7, 11) is 0. The molecule has 0 fully saturated rings. The molecule has 0 saturated carbocycles. The molecule has 0 bridgehead atoms. The first-order chi connectivity index (χ1) is 8.58. The number of allylic oxidation sites excluding steroid dienone is 1. The monoisotopic (exact) mass is 262 g/mol. The molecule has 0 atom stereocenters. The summed E-state index contributed by atoms with van der Waals surface area (Å²) in [4.78, 5) is 0.850. The van der Waals surface area contributed by atoms with Gasteiger partial charge in [-0.15, -0.1) is 12.6 Å². The van der Waals surface area contributed by atoms with Gasteiger partial charge in [-0.3, -0.25) is 0 Å². The van der Waals surface area contributed by atoms with E-state index in [0.29, 0.717) is 5.56 Å². The summed E-state index contributed by atoms with van der Waals surface area (Å²) in [6, 6.07) is 11.6. The summed E-state index contributed by atoms with van der Waals surface area (Å²) in [5.74, 6) is -1.63. The minimum atomic E-state index is -0.828. The number of thiol groups is 1. The van der Waals surface area contributed by atoms with Crippen molar-refractivity contribution in [3.05, 3.63) is 71.8 Å². The highest BCUT2D eigenvalue weighted by Gasteiger charge is 2.09. The number of hydrogen-bond donors (Lipinski definition) is 1. The van der Waals surface area contributed by atoms with E-state index >= 15 is 0 Å². The summed E-state index contributed by atoms with van der Waals surface area (Å²) in [6.07, 6.45) is 0.287. The number of halogens is 2. The minimum absolute atomic E-state index is 0.287. The Labute approximate surface area is 110 Å². The molecule has 3 heteroatoms. The highest BCUT2D eigenvalue weighted by atomic mass is 32.1. The predicted molar refractivity (Wildman–Crippen MR) is 72.8 cm³/mol. The lowest BCUT2D eigenvalue weighted by Crippen LogP contribution is -1.96. The number of benzene rings is 2. The van der Waals surface area contributed by atoms with Crippen LogP contribution in [0.25, 0.3) is 5.57 Å². The molecule has 0 nitrogen and oxygen atoms in total. The Balaban J connectivity index is 2.21. The summed E-state index contributed by atoms with van der Waals surface area (Å²) >= 11 is 4.19. The maximum Gasteiger partial charge on any atom is 0.162 e. The van der Waals surface area contributed by atoms with Crippen LogP contribution in [0.2, 0.25) is 0 Å². The fourth-order valence-electron chi connectivity index (χ4n) is 1.71. The second-order valence-electron chi connectivity index (χ2n) is 4.04. The van der Waals surface area contributed by atoms with E-state index in [9.17, 15) is 8.78 Å². The van der Waals surface area contributed by atoms with Gasteiger partial charge in [0.1, 0.15) is 0 Å². The van der Waals surface area contributed by atoms with E-state index < -0.39 is 11.6 Å². The number of hydrogen-bond acceptors (Lipinski definition) is 1. The molecule has 0 spiro atoms. The zero-order valence-electron chi connectivity index (χ0n) is 9.66. The van der Waals surface area contributed by atoms with Crippen LogP contribution in [0.4, 0.5) is 8.78 Å². The smallest absolute Gasteiger partial charge is 0.162 e. The summed E-state index contributed by atoms with van der Waals surface area (Å²) in [5.41, 5.74) is 1.96. The molecule has 2 aromatic carbocycles. The predicted octanol–water partition coefficient (Wildman–Crippen LogP) is 4.51. The van der Waals surface area contributed by atoms with Crippen molar-refractivity contribution in [2.75, 3.05) is 0 Å². The van der Waals surface area contributed by atoms with E-state index in [1.54, 1.807) is 6.07 Å². The Bertz CT molecular complexity index is 574. The van der Waals surface area contributed by atoms with Crippen molar-refractivity contribution in [3.8, 4) is 0 Å². The Kier molecular flexibility index (Phi) is 3.82. The van der Waals surface area contributed by atoms with Gasteiger partial charge in [0.15, 0.2) is 11.6 Å². The molecule has 0 N–H and O–H groups in total. The van der Waals surface area contributed by atoms with Crippen LogP contribution in [-0.2, 0) is 6.42 Å². The van der Waals surface area contributed by atoms with E-state index in [1.165, 1.54) is 6.07 Å². The first-order valence-corrected chi connectivity index (χ1v) is 5.92. The molecule has 0 radical (unpaired) electrons. The highest BCUT2D eigenvalue weighted by molar-refractivity contribution is 7.80. The van der Waals surface area contributed by atoms with Crippen molar-refractivity contribution in [3.63, 3.8) is 0 Å². The van der Waals surface area contributed by atoms with Gasteiger partial charge in [0.25, 0.3) is 0 Å². The maximum absolute atomic E-state index is 13.5. The third kappa shape index (κ3) is 2.79. The van der Waals surface area contributed by atoms with E-state index in [2.05, 4.69) is 19.2 Å². The fraction of sp³-hybridized carbons (Fsp3) is 0.0667. The first-order valence-electron chi connectivity index (χ1n) is 5.48. The zero-order chi connectivity index (χ0) is 13.1. The Morgan fingerprint density at radius 3 is 2.39 bits per heavy atom. The Morgan fingerprint density at radius 2 is 1.72 bits per heavy atom. The van der Waals surface area contributed by atoms with Crippen molar-refractivity contribution in [2.24, 2.45) is 0 Å². The summed E-state index contributed by atoms with van der Waals surface area (Å²) in [6.45, 7) is 3.91. The van der Waals surface area contributed by atoms with Gasteiger partial charge in [-0.2, -0.15) is 0 Å². The molecule has 0 aliphatic heterocycles. The van der Waals surface area contributed by atoms with Gasteiger partial charge in [-0.25, -0.2) is 8.78 Å². The van der Waals surface area contributed by atoms with E-state index in [1.807, 2.05) is 24.3 Å². The Hall–Kier alpha value is -1.61. The van der Waals surface area contributed by atoms with Crippen molar-refractivity contribution in [1.29, 1.82) is 0 Å². The topological polar surface area (TPSA) is 0 Å². The molecule has 0 saturated heterocycles. The van der Waals surface area contributed by atoms with E-state index in [0.717, 1.165) is 22.1 Å². The Morgan fingerprint density at radius 1 is 1.06 bits per heavy atom. The van der Waals surface area contributed by atoms with Crippen LogP contribution < -0.4 is 0 Å². The third-order valence-corrected chi connectivity index (χ3v) is 3.01. The van der Waals surface area contributed by atoms with Gasteiger partial charge in [0.05, 0.1) is 0 Å². The summed E-state index contributed by atoms with van der Waals surface area (Å²) < 4.78 is 26.6. The second-order valence-corrected chi connectivity index (χ2v) is 4.56. The molecule has 0 amide bonds. The van der Waals surface area contributed by atoms with Crippen molar-refractivity contribution >= 4 is 18.2 Å². The van der Waals surface area contributed by atoms with E-state index in [4.69, 9.17) is 0 Å². The zero-order valence-corrected chi connectivity index (χ0v) is 10.6. The molecule has 0 unspecified atom stereocenters. The van der Waals surface area contributed by atoms with Gasteiger partial charge in [-0.05, 0) is 34.9 Å². The molecular weight excluding hydrogens is 250 g/mol. The molecule has 0 aromatic heterocycles. The SMILES string of the molecule is C=C(Cc1cccc(F)c1F)c1ccc(S)cc1. The lowest BCUT2D eigenvalue weighted by molar-refractivity contribution is 0.501. The van der Waals surface area contributed by atoms with Crippen LogP contribution in [0, 0.1) is 11.6 Å². The molecular formula is C15H12F2S. The van der Waals surface area contributed by atoms with Crippen molar-refractivity contribution in [2.45, 2.75) is 11.3 Å². The first kappa shape index (κ1) is 12.8. The van der Waals surface area contributed by atoms with Crippen molar-refractivity contribution in [1.82, 2.24) is 0 Å². The number of rotatable bonds is 3. The van der Waals surface area contributed by atoms with Crippen LogP contribution in [0.3, 0.4) is 0 Å². The largest absolute Gasteiger partial charge is 0.204 e. The molecule has 2 rings (SSSR count). The quantitative estimate of drug-likeness (QED) is 0.773. The third-order valence-electron chi connectivity index (χ3n) is 2.71. The van der Waals surface area contributed by atoms with Crippen LogP contribution in [-0.4, -0.2) is 0 Å². The molecule has 92 valence electrons. The molecule has 18 heavy (non-hydrogen) atoms. The van der Waals surface area contributed by atoms with Gasteiger partial charge in [-0.1, -0.05) is 30.8 Å².